The molecule has 2 rings (SSSR count). The Hall–Kier alpha value is -2.39. The third-order valence-electron chi connectivity index (χ3n) is 2.49. The molecule has 0 aliphatic heterocycles. The molecule has 0 unspecified atom stereocenters. The van der Waals surface area contributed by atoms with E-state index < -0.39 is 23.8 Å². The summed E-state index contributed by atoms with van der Waals surface area (Å²) in [6.07, 6.45) is -3.79. The fraction of sp³-hybridized carbons (Fsp3) is 0.300. The lowest BCUT2D eigenvalue weighted by molar-refractivity contribution is -0.384. The first-order valence-electron chi connectivity index (χ1n) is 5.33. The Bertz CT molecular complexity index is 643. The number of nitro benzene ring substituents is 1. The van der Waals surface area contributed by atoms with E-state index in [0.29, 0.717) is 5.52 Å². The number of halogens is 4. The number of aromatic nitrogens is 2. The normalized spacial score (nSPS) is 12.1. The van der Waals surface area contributed by atoms with Gasteiger partial charge in [0, 0.05) is 12.1 Å². The molecule has 2 N–H and O–H groups in total. The second-order valence-electron chi connectivity index (χ2n) is 3.96. The van der Waals surface area contributed by atoms with Crippen LogP contribution in [0.25, 0.3) is 11.0 Å². The minimum absolute atomic E-state index is 0.166. The van der Waals surface area contributed by atoms with Gasteiger partial charge in [-0.2, -0.15) is 8.78 Å². The van der Waals surface area contributed by atoms with Gasteiger partial charge in [0.1, 0.15) is 0 Å². The van der Waals surface area contributed by atoms with Gasteiger partial charge in [0.2, 0.25) is 5.95 Å². The summed E-state index contributed by atoms with van der Waals surface area (Å²) in [5.41, 5.74) is 0.325. The van der Waals surface area contributed by atoms with Gasteiger partial charge in [-0.15, -0.1) is 0 Å². The van der Waals surface area contributed by atoms with E-state index in [1.165, 1.54) is 18.2 Å². The van der Waals surface area contributed by atoms with Gasteiger partial charge < -0.3 is 10.3 Å². The van der Waals surface area contributed by atoms with E-state index in [9.17, 15) is 27.7 Å². The molecule has 6 nitrogen and oxygen atoms in total. The van der Waals surface area contributed by atoms with Crippen LogP contribution >= 0.6 is 0 Å². The number of nitrogens with one attached hydrogen (secondary N) is 2. The van der Waals surface area contributed by atoms with Crippen molar-refractivity contribution in [2.45, 2.75) is 12.3 Å². The van der Waals surface area contributed by atoms with Gasteiger partial charge in [-0.3, -0.25) is 10.1 Å². The van der Waals surface area contributed by atoms with Crippen molar-refractivity contribution in [3.05, 3.63) is 28.3 Å². The lowest BCUT2D eigenvalue weighted by Gasteiger charge is -2.14. The molecule has 0 spiro atoms. The number of imidazole rings is 1. The van der Waals surface area contributed by atoms with Gasteiger partial charge in [0.05, 0.1) is 22.5 Å². The first-order chi connectivity index (χ1) is 9.29. The summed E-state index contributed by atoms with van der Waals surface area (Å²) < 4.78 is 49.4. The zero-order chi connectivity index (χ0) is 14.9. The van der Waals surface area contributed by atoms with Crippen molar-refractivity contribution >= 4 is 22.7 Å². The number of H-pyrrole nitrogens is 1. The molecule has 0 amide bonds. The summed E-state index contributed by atoms with van der Waals surface area (Å²) in [6.45, 7) is -1.30. The summed E-state index contributed by atoms with van der Waals surface area (Å²) in [7, 11) is 0. The predicted octanol–water partition coefficient (Wildman–Crippen LogP) is 2.78. The van der Waals surface area contributed by atoms with E-state index in [2.05, 4.69) is 9.97 Å². The van der Waals surface area contributed by atoms with Crippen LogP contribution in [0.5, 0.6) is 0 Å². The fourth-order valence-electron chi connectivity index (χ4n) is 1.47. The molecule has 0 aliphatic carbocycles. The Morgan fingerprint density at radius 1 is 1.45 bits per heavy atom. The maximum atomic E-state index is 12.7. The van der Waals surface area contributed by atoms with Crippen LogP contribution < -0.4 is 5.32 Å². The minimum atomic E-state index is -4.19. The largest absolute Gasteiger partial charge is 0.350 e. The first-order valence-corrected chi connectivity index (χ1v) is 5.33. The van der Waals surface area contributed by atoms with Crippen LogP contribution in [0.3, 0.4) is 0 Å². The number of hydrogen-bond acceptors (Lipinski definition) is 4. The third-order valence-corrected chi connectivity index (χ3v) is 2.49. The van der Waals surface area contributed by atoms with Crippen LogP contribution in [0.4, 0.5) is 29.2 Å². The second kappa shape index (κ2) is 4.94. The SMILES string of the molecule is O=[N+]([O-])c1ccc2nc(NCC(F)(F)C(F)F)[nH]c2c1. The van der Waals surface area contributed by atoms with Crippen LogP contribution in [-0.4, -0.2) is 33.8 Å². The number of hydrogen-bond donors (Lipinski definition) is 2. The maximum absolute atomic E-state index is 12.7. The Morgan fingerprint density at radius 3 is 2.75 bits per heavy atom. The molecule has 20 heavy (non-hydrogen) atoms. The van der Waals surface area contributed by atoms with Gasteiger partial charge >= 0.3 is 12.3 Å². The van der Waals surface area contributed by atoms with Crippen LogP contribution in [0, 0.1) is 10.1 Å². The highest BCUT2D eigenvalue weighted by Crippen LogP contribution is 2.24. The summed E-state index contributed by atoms with van der Waals surface area (Å²) in [4.78, 5) is 16.2. The molecule has 0 saturated carbocycles. The molecule has 0 radical (unpaired) electrons. The standard InChI is InChI=1S/C10H8F4N4O2/c11-8(12)10(13,14)4-15-9-16-6-2-1-5(18(19)20)3-7(6)17-9/h1-3,8H,4H2,(H2,15,16,17). The van der Waals surface area contributed by atoms with Crippen molar-refractivity contribution in [2.75, 3.05) is 11.9 Å². The zero-order valence-corrected chi connectivity index (χ0v) is 9.74. The van der Waals surface area contributed by atoms with Crippen LogP contribution in [0.15, 0.2) is 18.2 Å². The Balaban J connectivity index is 2.18. The van der Waals surface area contributed by atoms with E-state index in [1.807, 2.05) is 5.32 Å². The molecule has 2 aromatic rings. The van der Waals surface area contributed by atoms with E-state index in [-0.39, 0.29) is 17.2 Å². The predicted molar refractivity (Wildman–Crippen MR) is 62.2 cm³/mol. The monoisotopic (exact) mass is 292 g/mol. The van der Waals surface area contributed by atoms with Gasteiger partial charge in [-0.05, 0) is 6.07 Å². The molecule has 0 bridgehead atoms. The Labute approximate surface area is 109 Å². The summed E-state index contributed by atoms with van der Waals surface area (Å²) in [5.74, 6) is -4.36. The average molecular weight is 292 g/mol. The van der Waals surface area contributed by atoms with Crippen molar-refractivity contribution in [3.8, 4) is 0 Å². The molecule has 108 valence electrons. The average Bonchev–Trinajstić information content (AvgIpc) is 2.77. The van der Waals surface area contributed by atoms with Crippen LogP contribution in [0.1, 0.15) is 0 Å². The molecular weight excluding hydrogens is 284 g/mol. The molecule has 1 aromatic carbocycles. The molecule has 0 atom stereocenters. The van der Waals surface area contributed by atoms with Gasteiger partial charge in [0.25, 0.3) is 5.69 Å². The smallest absolute Gasteiger partial charge is 0.324 e. The number of alkyl halides is 4. The maximum Gasteiger partial charge on any atom is 0.324 e. The molecule has 1 heterocycles. The number of benzene rings is 1. The number of non-ortho nitro benzene ring substituents is 1. The molecule has 0 fully saturated rings. The molecular formula is C10H8F4N4O2. The molecule has 10 heteroatoms. The highest BCUT2D eigenvalue weighted by Gasteiger charge is 2.40. The van der Waals surface area contributed by atoms with Gasteiger partial charge in [-0.25, -0.2) is 13.8 Å². The van der Waals surface area contributed by atoms with Crippen LogP contribution in [-0.2, 0) is 0 Å². The van der Waals surface area contributed by atoms with E-state index in [4.69, 9.17) is 0 Å². The first kappa shape index (κ1) is 14.0. The fourth-order valence-corrected chi connectivity index (χ4v) is 1.47. The minimum Gasteiger partial charge on any atom is -0.350 e. The van der Waals surface area contributed by atoms with Crippen molar-refractivity contribution in [2.24, 2.45) is 0 Å². The van der Waals surface area contributed by atoms with Crippen molar-refractivity contribution in [1.29, 1.82) is 0 Å². The van der Waals surface area contributed by atoms with Crippen molar-refractivity contribution < 1.29 is 22.5 Å². The lowest BCUT2D eigenvalue weighted by atomic mass is 10.3. The number of anilines is 1. The highest BCUT2D eigenvalue weighted by molar-refractivity contribution is 5.79. The topological polar surface area (TPSA) is 83.8 Å². The Morgan fingerprint density at radius 2 is 2.15 bits per heavy atom. The highest BCUT2D eigenvalue weighted by atomic mass is 19.3. The molecule has 1 aromatic heterocycles. The number of nitro groups is 1. The third kappa shape index (κ3) is 2.78. The van der Waals surface area contributed by atoms with E-state index >= 15 is 0 Å². The van der Waals surface area contributed by atoms with Gasteiger partial charge in [0.15, 0.2) is 0 Å². The van der Waals surface area contributed by atoms with E-state index in [1.54, 1.807) is 0 Å². The zero-order valence-electron chi connectivity index (χ0n) is 9.74. The van der Waals surface area contributed by atoms with E-state index in [0.717, 1.165) is 0 Å². The molecule has 0 saturated heterocycles. The van der Waals surface area contributed by atoms with Gasteiger partial charge in [-0.1, -0.05) is 0 Å². The lowest BCUT2D eigenvalue weighted by Crippen LogP contribution is -2.35. The summed E-state index contributed by atoms with van der Waals surface area (Å²) in [5, 5.41) is 12.6. The number of fused-ring (bicyclic) bond motifs is 1. The summed E-state index contributed by atoms with van der Waals surface area (Å²) >= 11 is 0. The number of aromatic amines is 1. The second-order valence-corrected chi connectivity index (χ2v) is 3.96. The summed E-state index contributed by atoms with van der Waals surface area (Å²) in [6, 6.07) is 3.68. The van der Waals surface area contributed by atoms with Crippen LogP contribution in [0.2, 0.25) is 0 Å². The van der Waals surface area contributed by atoms with Crippen molar-refractivity contribution in [3.63, 3.8) is 0 Å². The number of nitrogens with zero attached hydrogens (tertiary/aromatic N) is 2. The van der Waals surface area contributed by atoms with Crippen molar-refractivity contribution in [1.82, 2.24) is 9.97 Å². The quantitative estimate of drug-likeness (QED) is 0.504. The number of rotatable bonds is 5. The Kier molecular flexibility index (Phi) is 3.47. The molecule has 0 aliphatic rings.